The van der Waals surface area contributed by atoms with Crippen LogP contribution in [0.4, 0.5) is 0 Å². The number of halogens is 1. The SMILES string of the molecule is CCC(C)c1ccc(C(Cl)C(C)S(C)(=O)=O)cc1. The van der Waals surface area contributed by atoms with Crippen LogP contribution in [0.15, 0.2) is 24.3 Å². The van der Waals surface area contributed by atoms with E-state index in [2.05, 4.69) is 13.8 Å². The average molecular weight is 289 g/mol. The zero-order valence-electron chi connectivity index (χ0n) is 11.4. The highest BCUT2D eigenvalue weighted by Crippen LogP contribution is 2.29. The maximum atomic E-state index is 11.5. The molecule has 4 heteroatoms. The van der Waals surface area contributed by atoms with E-state index in [-0.39, 0.29) is 0 Å². The highest BCUT2D eigenvalue weighted by atomic mass is 35.5. The highest BCUT2D eigenvalue weighted by Gasteiger charge is 2.25. The van der Waals surface area contributed by atoms with E-state index in [9.17, 15) is 8.42 Å². The summed E-state index contributed by atoms with van der Waals surface area (Å²) in [5.41, 5.74) is 2.12. The molecule has 0 saturated heterocycles. The van der Waals surface area contributed by atoms with Crippen molar-refractivity contribution >= 4 is 21.4 Å². The van der Waals surface area contributed by atoms with Crippen molar-refractivity contribution in [2.75, 3.05) is 6.26 Å². The van der Waals surface area contributed by atoms with Gasteiger partial charge in [0.05, 0.1) is 10.6 Å². The summed E-state index contributed by atoms with van der Waals surface area (Å²) in [6, 6.07) is 7.93. The van der Waals surface area contributed by atoms with Crippen LogP contribution in [0.2, 0.25) is 0 Å². The molecule has 0 bridgehead atoms. The van der Waals surface area contributed by atoms with E-state index in [1.165, 1.54) is 11.8 Å². The molecule has 1 aromatic rings. The van der Waals surface area contributed by atoms with Gasteiger partial charge >= 0.3 is 0 Å². The van der Waals surface area contributed by atoms with Crippen molar-refractivity contribution in [3.05, 3.63) is 35.4 Å². The largest absolute Gasteiger partial charge is 0.229 e. The maximum absolute atomic E-state index is 11.5. The Labute approximate surface area is 115 Å². The molecule has 3 atom stereocenters. The Balaban J connectivity index is 2.92. The zero-order valence-corrected chi connectivity index (χ0v) is 12.9. The van der Waals surface area contributed by atoms with Gasteiger partial charge in [-0.2, -0.15) is 0 Å². The predicted octanol–water partition coefficient (Wildman–Crippen LogP) is 3.91. The molecule has 0 fully saturated rings. The Morgan fingerprint density at radius 2 is 1.56 bits per heavy atom. The van der Waals surface area contributed by atoms with Crippen LogP contribution in [-0.4, -0.2) is 19.9 Å². The highest BCUT2D eigenvalue weighted by molar-refractivity contribution is 7.91. The molecule has 0 aromatic heterocycles. The van der Waals surface area contributed by atoms with Crippen LogP contribution in [0.25, 0.3) is 0 Å². The molecule has 3 unspecified atom stereocenters. The number of alkyl halides is 1. The van der Waals surface area contributed by atoms with Gasteiger partial charge in [-0.15, -0.1) is 11.6 Å². The third-order valence-electron chi connectivity index (χ3n) is 3.52. The number of benzene rings is 1. The van der Waals surface area contributed by atoms with Crippen LogP contribution in [0.3, 0.4) is 0 Å². The smallest absolute Gasteiger partial charge is 0.151 e. The lowest BCUT2D eigenvalue weighted by Crippen LogP contribution is -2.21. The first kappa shape index (κ1) is 15.5. The molecular weight excluding hydrogens is 268 g/mol. The van der Waals surface area contributed by atoms with Gasteiger partial charge in [0.15, 0.2) is 9.84 Å². The molecule has 1 aromatic carbocycles. The lowest BCUT2D eigenvalue weighted by atomic mass is 9.97. The van der Waals surface area contributed by atoms with Crippen LogP contribution >= 0.6 is 11.6 Å². The summed E-state index contributed by atoms with van der Waals surface area (Å²) >= 11 is 6.23. The Morgan fingerprint density at radius 1 is 1.11 bits per heavy atom. The topological polar surface area (TPSA) is 34.1 Å². The molecule has 0 N–H and O–H groups in total. The van der Waals surface area contributed by atoms with Crippen molar-refractivity contribution in [1.82, 2.24) is 0 Å². The van der Waals surface area contributed by atoms with Crippen LogP contribution in [0, 0.1) is 0 Å². The van der Waals surface area contributed by atoms with Gasteiger partial charge in [0.2, 0.25) is 0 Å². The molecule has 0 heterocycles. The second kappa shape index (κ2) is 6.07. The van der Waals surface area contributed by atoms with Gasteiger partial charge in [0.25, 0.3) is 0 Å². The molecular formula is C14H21ClO2S. The fourth-order valence-corrected chi connectivity index (χ4v) is 3.03. The second-order valence-electron chi connectivity index (χ2n) is 4.91. The van der Waals surface area contributed by atoms with E-state index in [4.69, 9.17) is 11.6 Å². The fourth-order valence-electron chi connectivity index (χ4n) is 1.73. The first-order valence-corrected chi connectivity index (χ1v) is 8.59. The Hall–Kier alpha value is -0.540. The first-order chi connectivity index (χ1) is 8.27. The molecule has 0 aliphatic carbocycles. The third kappa shape index (κ3) is 3.72. The van der Waals surface area contributed by atoms with Crippen molar-refractivity contribution < 1.29 is 8.42 Å². The normalized spacial score (nSPS) is 17.2. The van der Waals surface area contributed by atoms with Crippen molar-refractivity contribution in [2.24, 2.45) is 0 Å². The monoisotopic (exact) mass is 288 g/mol. The van der Waals surface area contributed by atoms with Gasteiger partial charge < -0.3 is 0 Å². The number of rotatable bonds is 5. The van der Waals surface area contributed by atoms with Gasteiger partial charge in [-0.1, -0.05) is 38.1 Å². The van der Waals surface area contributed by atoms with Gasteiger partial charge in [-0.25, -0.2) is 8.42 Å². The molecule has 102 valence electrons. The Morgan fingerprint density at radius 3 is 1.94 bits per heavy atom. The summed E-state index contributed by atoms with van der Waals surface area (Å²) in [5.74, 6) is 0.514. The van der Waals surface area contributed by atoms with Crippen molar-refractivity contribution in [2.45, 2.75) is 43.7 Å². The maximum Gasteiger partial charge on any atom is 0.151 e. The summed E-state index contributed by atoms with van der Waals surface area (Å²) in [6.45, 7) is 5.97. The van der Waals surface area contributed by atoms with Crippen LogP contribution < -0.4 is 0 Å². The fraction of sp³-hybridized carbons (Fsp3) is 0.571. The second-order valence-corrected chi connectivity index (χ2v) is 7.79. The van der Waals surface area contributed by atoms with E-state index in [0.29, 0.717) is 5.92 Å². The molecule has 0 radical (unpaired) electrons. The first-order valence-electron chi connectivity index (χ1n) is 6.20. The molecule has 0 amide bonds. The molecule has 0 aliphatic rings. The van der Waals surface area contributed by atoms with Crippen LogP contribution in [-0.2, 0) is 9.84 Å². The van der Waals surface area contributed by atoms with E-state index in [1.807, 2.05) is 24.3 Å². The minimum Gasteiger partial charge on any atom is -0.229 e. The van der Waals surface area contributed by atoms with Crippen LogP contribution in [0.1, 0.15) is 49.6 Å². The lowest BCUT2D eigenvalue weighted by Gasteiger charge is -2.17. The molecule has 0 spiro atoms. The van der Waals surface area contributed by atoms with Gasteiger partial charge in [-0.05, 0) is 30.4 Å². The standard InChI is InChI=1S/C14H21ClO2S/c1-5-10(2)12-6-8-13(9-7-12)14(15)11(3)18(4,16)17/h6-11,14H,5H2,1-4H3. The lowest BCUT2D eigenvalue weighted by molar-refractivity contribution is 0.587. The zero-order chi connectivity index (χ0) is 13.9. The quantitative estimate of drug-likeness (QED) is 0.770. The minimum absolute atomic E-state index is 0.494. The molecule has 2 nitrogen and oxygen atoms in total. The van der Waals surface area contributed by atoms with E-state index in [1.54, 1.807) is 6.92 Å². The van der Waals surface area contributed by atoms with Crippen molar-refractivity contribution in [3.8, 4) is 0 Å². The average Bonchev–Trinajstić information content (AvgIpc) is 2.35. The number of hydrogen-bond donors (Lipinski definition) is 0. The van der Waals surface area contributed by atoms with E-state index < -0.39 is 20.5 Å². The van der Waals surface area contributed by atoms with E-state index >= 15 is 0 Å². The predicted molar refractivity (Wildman–Crippen MR) is 78.0 cm³/mol. The summed E-state index contributed by atoms with van der Waals surface area (Å²) < 4.78 is 23.0. The third-order valence-corrected chi connectivity index (χ3v) is 5.93. The van der Waals surface area contributed by atoms with Gasteiger partial charge in [-0.3, -0.25) is 0 Å². The Bertz CT molecular complexity index is 479. The Kier molecular flexibility index (Phi) is 5.23. The summed E-state index contributed by atoms with van der Waals surface area (Å²) in [6.07, 6.45) is 2.31. The van der Waals surface area contributed by atoms with Crippen molar-refractivity contribution in [1.29, 1.82) is 0 Å². The minimum atomic E-state index is -3.11. The van der Waals surface area contributed by atoms with Crippen LogP contribution in [0.5, 0.6) is 0 Å². The summed E-state index contributed by atoms with van der Waals surface area (Å²) in [7, 11) is -3.11. The summed E-state index contributed by atoms with van der Waals surface area (Å²) in [5, 5.41) is -1.07. The number of hydrogen-bond acceptors (Lipinski definition) is 2. The molecule has 18 heavy (non-hydrogen) atoms. The molecule has 0 saturated carbocycles. The van der Waals surface area contributed by atoms with E-state index in [0.717, 1.165) is 12.0 Å². The number of sulfone groups is 1. The summed E-state index contributed by atoms with van der Waals surface area (Å²) in [4.78, 5) is 0. The van der Waals surface area contributed by atoms with Gasteiger partial charge in [0, 0.05) is 6.26 Å². The van der Waals surface area contributed by atoms with Crippen molar-refractivity contribution in [3.63, 3.8) is 0 Å². The molecule has 1 rings (SSSR count). The van der Waals surface area contributed by atoms with Gasteiger partial charge in [0.1, 0.15) is 0 Å². The molecule has 0 aliphatic heterocycles.